The van der Waals surface area contributed by atoms with Crippen molar-refractivity contribution in [2.24, 2.45) is 0 Å². The van der Waals surface area contributed by atoms with E-state index in [9.17, 15) is 24.8 Å². The maximum atomic E-state index is 14.3. The van der Waals surface area contributed by atoms with Crippen molar-refractivity contribution in [3.8, 4) is 23.1 Å². The summed E-state index contributed by atoms with van der Waals surface area (Å²) in [5.74, 6) is -0.453. The Hall–Kier alpha value is -5.99. The Morgan fingerprint density at radius 1 is 1.00 bits per heavy atom. The normalized spacial score (nSPS) is 17.9. The summed E-state index contributed by atoms with van der Waals surface area (Å²) in [6, 6.07) is 29.6. The van der Waals surface area contributed by atoms with Gasteiger partial charge in [-0.15, -0.1) is 6.58 Å². The van der Waals surface area contributed by atoms with Gasteiger partial charge in [-0.3, -0.25) is 14.6 Å². The van der Waals surface area contributed by atoms with Gasteiger partial charge in [-0.2, -0.15) is 5.26 Å². The zero-order chi connectivity index (χ0) is 33.6. The zero-order valence-corrected chi connectivity index (χ0v) is 26.3. The maximum absolute atomic E-state index is 14.3. The molecule has 2 fully saturated rings. The van der Waals surface area contributed by atoms with Crippen molar-refractivity contribution < 1.29 is 19.5 Å². The van der Waals surface area contributed by atoms with Crippen LogP contribution >= 0.6 is 0 Å². The molecule has 2 saturated heterocycles. The Balaban J connectivity index is 1.34. The number of nitrogens with one attached hydrogen (secondary N) is 1. The summed E-state index contributed by atoms with van der Waals surface area (Å²) >= 11 is 0. The van der Waals surface area contributed by atoms with Gasteiger partial charge in [0.25, 0.3) is 0 Å². The number of aromatic nitrogens is 1. The molecule has 6 rings (SSSR count). The molecule has 1 aromatic heterocycles. The van der Waals surface area contributed by atoms with Crippen molar-refractivity contribution in [1.82, 2.24) is 30.1 Å². The average Bonchev–Trinajstić information content (AvgIpc) is 3.10. The monoisotopic (exact) mass is 641 g/mol. The minimum Gasteiger partial charge on any atom is -0.508 e. The number of carbonyl (C=O) groups is 3. The number of piperazine rings is 1. The molecule has 2 aliphatic heterocycles. The van der Waals surface area contributed by atoms with Crippen LogP contribution in [0.2, 0.25) is 0 Å². The van der Waals surface area contributed by atoms with E-state index < -0.39 is 18.2 Å². The standard InChI is InChI=1S/C37H35N7O4/c1-2-18-42-25-35(46)43-33(20-26-14-16-31(45)17-15-26)36(47)41(24-34(43)44(42)37(48)39-22-27-8-4-3-5-9-27)23-30-12-7-13-32(40-30)29-11-6-10-28(19-29)21-38/h2-17,19,33-34,45H,1,18,20,22-25H2,(H,39,48)/t33-,34-/m0/s1. The smallest absolute Gasteiger partial charge is 0.334 e. The highest BCUT2D eigenvalue weighted by atomic mass is 16.3. The van der Waals surface area contributed by atoms with Crippen LogP contribution in [0, 0.1) is 11.3 Å². The number of aromatic hydroxyl groups is 1. The van der Waals surface area contributed by atoms with Crippen LogP contribution in [-0.4, -0.2) is 79.6 Å². The number of hydrazine groups is 1. The Morgan fingerprint density at radius 3 is 2.52 bits per heavy atom. The largest absolute Gasteiger partial charge is 0.508 e. The van der Waals surface area contributed by atoms with E-state index in [0.717, 1.165) is 16.7 Å². The predicted octanol–water partition coefficient (Wildman–Crippen LogP) is 4.06. The fraction of sp³-hybridized carbons (Fsp3) is 0.216. The Morgan fingerprint density at radius 2 is 1.77 bits per heavy atom. The van der Waals surface area contributed by atoms with E-state index in [1.54, 1.807) is 58.4 Å². The molecule has 48 heavy (non-hydrogen) atoms. The molecule has 2 N–H and O–H groups in total. The number of hydrogen-bond donors (Lipinski definition) is 2. The molecule has 3 aromatic carbocycles. The van der Waals surface area contributed by atoms with E-state index in [0.29, 0.717) is 17.0 Å². The molecule has 0 aliphatic carbocycles. The number of nitrogens with zero attached hydrogens (tertiary/aromatic N) is 6. The van der Waals surface area contributed by atoms with Crippen LogP contribution in [0.25, 0.3) is 11.3 Å². The Kier molecular flexibility index (Phi) is 9.45. The van der Waals surface area contributed by atoms with Crippen LogP contribution in [-0.2, 0) is 29.1 Å². The number of nitriles is 1. The van der Waals surface area contributed by atoms with Crippen LogP contribution in [0.3, 0.4) is 0 Å². The lowest BCUT2D eigenvalue weighted by atomic mass is 9.98. The third-order valence-electron chi connectivity index (χ3n) is 8.48. The van der Waals surface area contributed by atoms with Crippen molar-refractivity contribution in [3.05, 3.63) is 132 Å². The minimum absolute atomic E-state index is 0.0544. The van der Waals surface area contributed by atoms with Crippen LogP contribution in [0.4, 0.5) is 4.79 Å². The second-order valence-corrected chi connectivity index (χ2v) is 11.7. The molecule has 0 spiro atoms. The van der Waals surface area contributed by atoms with E-state index in [1.165, 1.54) is 9.91 Å². The first-order chi connectivity index (χ1) is 23.3. The van der Waals surface area contributed by atoms with Crippen molar-refractivity contribution in [2.75, 3.05) is 19.6 Å². The van der Waals surface area contributed by atoms with Crippen LogP contribution in [0.5, 0.6) is 5.75 Å². The number of amides is 4. The van der Waals surface area contributed by atoms with E-state index >= 15 is 0 Å². The maximum Gasteiger partial charge on any atom is 0.334 e. The third-order valence-corrected chi connectivity index (χ3v) is 8.48. The summed E-state index contributed by atoms with van der Waals surface area (Å²) in [4.78, 5) is 50.1. The van der Waals surface area contributed by atoms with Gasteiger partial charge in [0.15, 0.2) is 0 Å². The number of fused-ring (bicyclic) bond motifs is 1. The number of benzene rings is 3. The van der Waals surface area contributed by atoms with Gasteiger partial charge < -0.3 is 20.2 Å². The molecule has 11 heteroatoms. The molecule has 2 atom stereocenters. The molecular formula is C37H35N7O4. The van der Waals surface area contributed by atoms with Crippen LogP contribution in [0.1, 0.15) is 22.4 Å². The first-order valence-electron chi connectivity index (χ1n) is 15.7. The van der Waals surface area contributed by atoms with E-state index in [2.05, 4.69) is 18.0 Å². The number of carbonyl (C=O) groups excluding carboxylic acids is 3. The van der Waals surface area contributed by atoms with Crippen molar-refractivity contribution >= 4 is 17.8 Å². The van der Waals surface area contributed by atoms with Crippen molar-refractivity contribution in [3.63, 3.8) is 0 Å². The average molecular weight is 642 g/mol. The summed E-state index contributed by atoms with van der Waals surface area (Å²) in [6.07, 6.45) is 1.02. The molecule has 4 amide bonds. The lowest BCUT2D eigenvalue weighted by Gasteiger charge is -2.55. The third kappa shape index (κ3) is 6.89. The second kappa shape index (κ2) is 14.2. The minimum atomic E-state index is -0.911. The molecule has 3 heterocycles. The Bertz CT molecular complexity index is 1860. The van der Waals surface area contributed by atoms with E-state index in [-0.39, 0.29) is 56.7 Å². The molecule has 0 unspecified atom stereocenters. The van der Waals surface area contributed by atoms with E-state index in [4.69, 9.17) is 4.98 Å². The highest BCUT2D eigenvalue weighted by Crippen LogP contribution is 2.30. The molecule has 0 radical (unpaired) electrons. The number of hydrogen-bond acceptors (Lipinski definition) is 7. The SMILES string of the molecule is C=CCN1CC(=O)N2[C@@H](Cc3ccc(O)cc3)C(=O)N(Cc3cccc(-c4cccc(C#N)c4)n3)C[C@@H]2N1C(=O)NCc1ccccc1. The second-order valence-electron chi connectivity index (χ2n) is 11.7. The fourth-order valence-electron chi connectivity index (χ4n) is 6.23. The first kappa shape index (κ1) is 32.0. The van der Waals surface area contributed by atoms with Crippen molar-refractivity contribution in [1.29, 1.82) is 5.26 Å². The van der Waals surface area contributed by atoms with Gasteiger partial charge in [0.05, 0.1) is 42.7 Å². The molecule has 0 bridgehead atoms. The van der Waals surface area contributed by atoms with Gasteiger partial charge >= 0.3 is 6.03 Å². The van der Waals surface area contributed by atoms with E-state index in [1.807, 2.05) is 54.6 Å². The van der Waals surface area contributed by atoms with Gasteiger partial charge in [-0.05, 0) is 47.5 Å². The first-order valence-corrected chi connectivity index (χ1v) is 15.7. The number of rotatable bonds is 9. The topological polar surface area (TPSA) is 133 Å². The molecule has 242 valence electrons. The zero-order valence-electron chi connectivity index (χ0n) is 26.3. The van der Waals surface area contributed by atoms with Gasteiger partial charge in [0.2, 0.25) is 11.8 Å². The summed E-state index contributed by atoms with van der Waals surface area (Å²) in [7, 11) is 0. The molecule has 2 aliphatic rings. The number of phenols is 1. The highest BCUT2D eigenvalue weighted by molar-refractivity contribution is 5.91. The summed E-state index contributed by atoms with van der Waals surface area (Å²) < 4.78 is 0. The van der Waals surface area contributed by atoms with Crippen molar-refractivity contribution in [2.45, 2.75) is 31.7 Å². The lowest BCUT2D eigenvalue weighted by molar-refractivity contribution is -0.189. The number of pyridine rings is 1. The molecule has 4 aromatic rings. The predicted molar refractivity (Wildman–Crippen MR) is 178 cm³/mol. The van der Waals surface area contributed by atoms with Gasteiger partial charge in [-0.1, -0.05) is 66.7 Å². The quantitative estimate of drug-likeness (QED) is 0.264. The van der Waals surface area contributed by atoms with Gasteiger partial charge in [0.1, 0.15) is 18.0 Å². The highest BCUT2D eigenvalue weighted by Gasteiger charge is 2.51. The van der Waals surface area contributed by atoms with Crippen LogP contribution in [0.15, 0.2) is 110 Å². The lowest BCUT2D eigenvalue weighted by Crippen LogP contribution is -2.76. The fourth-order valence-corrected chi connectivity index (χ4v) is 6.23. The summed E-state index contributed by atoms with van der Waals surface area (Å²) in [6.45, 7) is 4.45. The van der Waals surface area contributed by atoms with Gasteiger partial charge in [-0.25, -0.2) is 14.8 Å². The summed E-state index contributed by atoms with van der Waals surface area (Å²) in [5, 5.41) is 25.4. The van der Waals surface area contributed by atoms with Gasteiger partial charge in [0, 0.05) is 25.1 Å². The summed E-state index contributed by atoms with van der Waals surface area (Å²) in [5.41, 5.74) is 4.23. The molecule has 11 nitrogen and oxygen atoms in total. The number of phenolic OH excluding ortho intramolecular Hbond substituents is 1. The molecule has 0 saturated carbocycles. The molecular weight excluding hydrogens is 606 g/mol. The number of urea groups is 1. The Labute approximate surface area is 278 Å². The van der Waals surface area contributed by atoms with Crippen LogP contribution < -0.4 is 5.32 Å².